The van der Waals surface area contributed by atoms with Crippen LogP contribution < -0.4 is 0 Å². The SMILES string of the molecule is C=C(N(C)C=C(C)C)C(C)(C)C. The van der Waals surface area contributed by atoms with Gasteiger partial charge in [-0.05, 0) is 13.8 Å². The Bertz CT molecular complexity index is 190. The molecule has 0 amide bonds. The molecule has 0 aromatic carbocycles. The van der Waals surface area contributed by atoms with Crippen LogP contribution in [0.3, 0.4) is 0 Å². The normalized spacial score (nSPS) is 10.8. The van der Waals surface area contributed by atoms with Gasteiger partial charge < -0.3 is 4.90 Å². The van der Waals surface area contributed by atoms with Crippen LogP contribution >= 0.6 is 0 Å². The zero-order valence-corrected chi connectivity index (χ0v) is 9.23. The van der Waals surface area contributed by atoms with E-state index in [9.17, 15) is 0 Å². The van der Waals surface area contributed by atoms with E-state index in [1.807, 2.05) is 7.05 Å². The van der Waals surface area contributed by atoms with Gasteiger partial charge in [0.2, 0.25) is 0 Å². The predicted molar refractivity (Wildman–Crippen MR) is 55.8 cm³/mol. The highest BCUT2D eigenvalue weighted by molar-refractivity contribution is 5.09. The Labute approximate surface area is 76.8 Å². The lowest BCUT2D eigenvalue weighted by Gasteiger charge is -2.29. The average molecular weight is 167 g/mol. The number of nitrogens with zero attached hydrogens (tertiary/aromatic N) is 1. The molecule has 0 unspecified atom stereocenters. The third-order valence-corrected chi connectivity index (χ3v) is 1.74. The van der Waals surface area contributed by atoms with Crippen molar-refractivity contribution < 1.29 is 0 Å². The van der Waals surface area contributed by atoms with Crippen molar-refractivity contribution in [1.29, 1.82) is 0 Å². The van der Waals surface area contributed by atoms with Crippen LogP contribution in [0.25, 0.3) is 0 Å². The molecule has 0 spiro atoms. The van der Waals surface area contributed by atoms with E-state index in [-0.39, 0.29) is 5.41 Å². The van der Waals surface area contributed by atoms with Crippen LogP contribution in [0.2, 0.25) is 0 Å². The molecular weight excluding hydrogens is 146 g/mol. The van der Waals surface area contributed by atoms with E-state index >= 15 is 0 Å². The molecule has 0 aliphatic rings. The molecule has 0 aromatic rings. The van der Waals surface area contributed by atoms with Gasteiger partial charge in [-0.3, -0.25) is 0 Å². The summed E-state index contributed by atoms with van der Waals surface area (Å²) < 4.78 is 0. The van der Waals surface area contributed by atoms with Gasteiger partial charge in [-0.15, -0.1) is 0 Å². The topological polar surface area (TPSA) is 3.24 Å². The molecule has 0 aliphatic carbocycles. The molecule has 1 nitrogen and oxygen atoms in total. The van der Waals surface area contributed by atoms with Crippen molar-refractivity contribution in [3.63, 3.8) is 0 Å². The summed E-state index contributed by atoms with van der Waals surface area (Å²) in [4.78, 5) is 2.09. The monoisotopic (exact) mass is 167 g/mol. The maximum atomic E-state index is 4.06. The predicted octanol–water partition coefficient (Wildman–Crippen LogP) is 3.40. The van der Waals surface area contributed by atoms with Gasteiger partial charge in [0.25, 0.3) is 0 Å². The van der Waals surface area contributed by atoms with Crippen LogP contribution in [-0.2, 0) is 0 Å². The summed E-state index contributed by atoms with van der Waals surface area (Å²) in [5.41, 5.74) is 2.59. The molecule has 0 radical (unpaired) electrons. The quantitative estimate of drug-likeness (QED) is 0.609. The van der Waals surface area contributed by atoms with Crippen LogP contribution in [0, 0.1) is 5.41 Å². The van der Waals surface area contributed by atoms with Crippen LogP contribution in [-0.4, -0.2) is 11.9 Å². The average Bonchev–Trinajstić information content (AvgIpc) is 1.82. The lowest BCUT2D eigenvalue weighted by molar-refractivity contribution is 0.377. The molecule has 12 heavy (non-hydrogen) atoms. The van der Waals surface area contributed by atoms with Gasteiger partial charge in [-0.2, -0.15) is 0 Å². The minimum absolute atomic E-state index is 0.153. The highest BCUT2D eigenvalue weighted by atomic mass is 15.1. The van der Waals surface area contributed by atoms with Crippen LogP contribution in [0.5, 0.6) is 0 Å². The number of rotatable bonds is 2. The summed E-state index contributed by atoms with van der Waals surface area (Å²) in [7, 11) is 2.04. The van der Waals surface area contributed by atoms with Crippen molar-refractivity contribution in [1.82, 2.24) is 4.90 Å². The van der Waals surface area contributed by atoms with Crippen LogP contribution in [0.1, 0.15) is 34.6 Å². The van der Waals surface area contributed by atoms with E-state index in [0.717, 1.165) is 5.70 Å². The largest absolute Gasteiger partial charge is 0.355 e. The summed E-state index contributed by atoms with van der Waals surface area (Å²) >= 11 is 0. The van der Waals surface area contributed by atoms with Crippen molar-refractivity contribution in [3.05, 3.63) is 24.0 Å². The zero-order valence-electron chi connectivity index (χ0n) is 9.23. The molecule has 0 fully saturated rings. The van der Waals surface area contributed by atoms with E-state index in [1.54, 1.807) is 0 Å². The van der Waals surface area contributed by atoms with Gasteiger partial charge in [0.1, 0.15) is 0 Å². The molecule has 0 bridgehead atoms. The van der Waals surface area contributed by atoms with E-state index in [1.165, 1.54) is 5.57 Å². The van der Waals surface area contributed by atoms with E-state index in [0.29, 0.717) is 0 Å². The summed E-state index contributed by atoms with van der Waals surface area (Å²) in [5, 5.41) is 0. The number of hydrogen-bond acceptors (Lipinski definition) is 1. The van der Waals surface area contributed by atoms with Crippen molar-refractivity contribution in [3.8, 4) is 0 Å². The fraction of sp³-hybridized carbons (Fsp3) is 0.636. The van der Waals surface area contributed by atoms with Crippen molar-refractivity contribution >= 4 is 0 Å². The summed E-state index contributed by atoms with van der Waals surface area (Å²) in [6.45, 7) is 14.8. The zero-order chi connectivity index (χ0) is 9.94. The molecule has 0 atom stereocenters. The summed E-state index contributed by atoms with van der Waals surface area (Å²) in [6, 6.07) is 0. The van der Waals surface area contributed by atoms with Gasteiger partial charge >= 0.3 is 0 Å². The third kappa shape index (κ3) is 3.61. The fourth-order valence-electron chi connectivity index (χ4n) is 0.994. The van der Waals surface area contributed by atoms with E-state index in [4.69, 9.17) is 0 Å². The second kappa shape index (κ2) is 3.79. The molecule has 0 N–H and O–H groups in total. The van der Waals surface area contributed by atoms with Gasteiger partial charge in [0, 0.05) is 24.4 Å². The minimum Gasteiger partial charge on any atom is -0.355 e. The number of allylic oxidation sites excluding steroid dienone is 2. The van der Waals surface area contributed by atoms with Gasteiger partial charge in [0.05, 0.1) is 0 Å². The smallest absolute Gasteiger partial charge is 0.0152 e. The van der Waals surface area contributed by atoms with Crippen LogP contribution in [0.4, 0.5) is 0 Å². The van der Waals surface area contributed by atoms with E-state index < -0.39 is 0 Å². The molecule has 0 aliphatic heterocycles. The Morgan fingerprint density at radius 1 is 1.25 bits per heavy atom. The van der Waals surface area contributed by atoms with Crippen LogP contribution in [0.15, 0.2) is 24.0 Å². The summed E-state index contributed by atoms with van der Waals surface area (Å²) in [5.74, 6) is 0. The first-order valence-electron chi connectivity index (χ1n) is 4.32. The molecule has 1 heteroatoms. The molecule has 0 rings (SSSR count). The highest BCUT2D eigenvalue weighted by Gasteiger charge is 2.16. The molecule has 0 aromatic heterocycles. The number of hydrogen-bond donors (Lipinski definition) is 0. The van der Waals surface area contributed by atoms with Crippen molar-refractivity contribution in [2.45, 2.75) is 34.6 Å². The van der Waals surface area contributed by atoms with Gasteiger partial charge in [-0.25, -0.2) is 0 Å². The maximum absolute atomic E-state index is 4.06. The first-order chi connectivity index (χ1) is 5.25. The standard InChI is InChI=1S/C11H21N/c1-9(2)8-12(7)10(3)11(4,5)6/h8H,3H2,1-2,4-7H3. The molecule has 0 saturated carbocycles. The second-order valence-corrected chi connectivity index (χ2v) is 4.51. The lowest BCUT2D eigenvalue weighted by Crippen LogP contribution is -2.21. The summed E-state index contributed by atoms with van der Waals surface area (Å²) in [6.07, 6.45) is 2.10. The van der Waals surface area contributed by atoms with Crippen molar-refractivity contribution in [2.24, 2.45) is 5.41 Å². The molecule has 70 valence electrons. The molecule has 0 saturated heterocycles. The Balaban J connectivity index is 4.42. The molecular formula is C11H21N. The third-order valence-electron chi connectivity index (χ3n) is 1.74. The van der Waals surface area contributed by atoms with Gasteiger partial charge in [0.15, 0.2) is 0 Å². The first kappa shape index (κ1) is 11.3. The Hall–Kier alpha value is -0.720. The van der Waals surface area contributed by atoms with Crippen molar-refractivity contribution in [2.75, 3.05) is 7.05 Å². The Kier molecular flexibility index (Phi) is 3.56. The van der Waals surface area contributed by atoms with Gasteiger partial charge in [-0.1, -0.05) is 32.9 Å². The maximum Gasteiger partial charge on any atom is 0.0152 e. The van der Waals surface area contributed by atoms with E-state index in [2.05, 4.69) is 52.3 Å². The molecule has 0 heterocycles. The fourth-order valence-corrected chi connectivity index (χ4v) is 0.994. The lowest BCUT2D eigenvalue weighted by atomic mass is 9.92. The minimum atomic E-state index is 0.153. The highest BCUT2D eigenvalue weighted by Crippen LogP contribution is 2.25. The second-order valence-electron chi connectivity index (χ2n) is 4.51. The first-order valence-corrected chi connectivity index (χ1v) is 4.32. The Morgan fingerprint density at radius 2 is 1.67 bits per heavy atom. The Morgan fingerprint density at radius 3 is 1.92 bits per heavy atom.